The van der Waals surface area contributed by atoms with Crippen molar-refractivity contribution in [2.45, 2.75) is 46.1 Å². The van der Waals surface area contributed by atoms with Gasteiger partial charge in [0, 0.05) is 25.6 Å². The van der Waals surface area contributed by atoms with Crippen LogP contribution in [0, 0.1) is 0 Å². The van der Waals surface area contributed by atoms with E-state index in [4.69, 9.17) is 0 Å². The van der Waals surface area contributed by atoms with Gasteiger partial charge in [-0.3, -0.25) is 4.79 Å². The van der Waals surface area contributed by atoms with Gasteiger partial charge in [0.25, 0.3) is 0 Å². The minimum Gasteiger partial charge on any atom is -0.341 e. The third-order valence-corrected chi connectivity index (χ3v) is 2.91. The molecule has 0 aromatic rings. The van der Waals surface area contributed by atoms with Gasteiger partial charge < -0.3 is 10.2 Å². The summed E-state index contributed by atoms with van der Waals surface area (Å²) in [6.07, 6.45) is 1.57. The zero-order valence-electron chi connectivity index (χ0n) is 10.2. The second-order valence-corrected chi connectivity index (χ2v) is 4.22. The second-order valence-electron chi connectivity index (χ2n) is 4.22. The van der Waals surface area contributed by atoms with Gasteiger partial charge in [-0.05, 0) is 26.8 Å². The van der Waals surface area contributed by atoms with Gasteiger partial charge in [0.15, 0.2) is 0 Å². The highest BCUT2D eigenvalue weighted by Crippen LogP contribution is 2.16. The van der Waals surface area contributed by atoms with E-state index in [1.54, 1.807) is 0 Å². The van der Waals surface area contributed by atoms with E-state index >= 15 is 0 Å². The van der Waals surface area contributed by atoms with Gasteiger partial charge in [-0.1, -0.05) is 13.8 Å². The topological polar surface area (TPSA) is 32.3 Å². The van der Waals surface area contributed by atoms with Crippen LogP contribution >= 0.6 is 0 Å². The Balaban J connectivity index is 3.99. The van der Waals surface area contributed by atoms with E-state index in [1.807, 2.05) is 18.9 Å². The third-order valence-electron chi connectivity index (χ3n) is 2.91. The number of hydrogen-bond donors (Lipinski definition) is 1. The molecular formula is C11H24N2O. The first-order valence-electron chi connectivity index (χ1n) is 5.43. The summed E-state index contributed by atoms with van der Waals surface area (Å²) in [5, 5.41) is 3.16. The number of rotatable bonds is 6. The number of hydrogen-bond acceptors (Lipinski definition) is 2. The van der Waals surface area contributed by atoms with Crippen molar-refractivity contribution in [3.63, 3.8) is 0 Å². The average molecular weight is 200 g/mol. The van der Waals surface area contributed by atoms with Crippen molar-refractivity contribution in [1.82, 2.24) is 10.2 Å². The van der Waals surface area contributed by atoms with Crippen molar-refractivity contribution in [2.24, 2.45) is 0 Å². The van der Waals surface area contributed by atoms with Crippen LogP contribution < -0.4 is 5.32 Å². The van der Waals surface area contributed by atoms with Crippen molar-refractivity contribution in [1.29, 1.82) is 0 Å². The third kappa shape index (κ3) is 4.09. The first-order chi connectivity index (χ1) is 6.45. The molecule has 84 valence electrons. The number of carbonyl (C=O) groups excluding carboxylic acids is 1. The minimum absolute atomic E-state index is 0.0245. The van der Waals surface area contributed by atoms with Crippen LogP contribution in [0.5, 0.6) is 0 Å². The fourth-order valence-corrected chi connectivity index (χ4v) is 1.11. The Morgan fingerprint density at radius 2 is 1.93 bits per heavy atom. The quantitative estimate of drug-likeness (QED) is 0.661. The van der Waals surface area contributed by atoms with E-state index in [9.17, 15) is 4.79 Å². The van der Waals surface area contributed by atoms with Gasteiger partial charge in [0.1, 0.15) is 0 Å². The molecule has 3 heteroatoms. The van der Waals surface area contributed by atoms with Crippen LogP contribution in [0.25, 0.3) is 0 Å². The standard InChI is InChI=1S/C11H24N2O/c1-6-11(3,4)13(5)10(14)8-9-12-7-2/h12H,6-9H2,1-5H3. The lowest BCUT2D eigenvalue weighted by atomic mass is 9.99. The largest absolute Gasteiger partial charge is 0.341 e. The highest BCUT2D eigenvalue weighted by Gasteiger charge is 2.24. The molecule has 0 aliphatic carbocycles. The van der Waals surface area contributed by atoms with Crippen molar-refractivity contribution in [2.75, 3.05) is 20.1 Å². The summed E-state index contributed by atoms with van der Waals surface area (Å²) in [6, 6.07) is 0. The van der Waals surface area contributed by atoms with Crippen molar-refractivity contribution >= 4 is 5.91 Å². The van der Waals surface area contributed by atoms with Crippen LogP contribution in [-0.4, -0.2) is 36.5 Å². The Morgan fingerprint density at radius 1 is 1.36 bits per heavy atom. The maximum Gasteiger partial charge on any atom is 0.224 e. The summed E-state index contributed by atoms with van der Waals surface area (Å²) in [4.78, 5) is 13.6. The van der Waals surface area contributed by atoms with Gasteiger partial charge >= 0.3 is 0 Å². The normalized spacial score (nSPS) is 11.5. The van der Waals surface area contributed by atoms with E-state index in [0.29, 0.717) is 6.42 Å². The average Bonchev–Trinajstić information content (AvgIpc) is 2.17. The summed E-state index contributed by atoms with van der Waals surface area (Å²) < 4.78 is 0. The zero-order chi connectivity index (χ0) is 11.2. The second kappa shape index (κ2) is 6.02. The van der Waals surface area contributed by atoms with Crippen molar-refractivity contribution < 1.29 is 4.79 Å². The maximum atomic E-state index is 11.7. The molecule has 0 aromatic carbocycles. The minimum atomic E-state index is -0.0245. The molecule has 0 spiro atoms. The van der Waals surface area contributed by atoms with Gasteiger partial charge in [0.2, 0.25) is 5.91 Å². The summed E-state index contributed by atoms with van der Waals surface area (Å²) >= 11 is 0. The molecule has 0 aromatic heterocycles. The summed E-state index contributed by atoms with van der Waals surface area (Å²) in [5.74, 6) is 0.220. The predicted octanol–water partition coefficient (Wildman–Crippen LogP) is 1.63. The number of amides is 1. The van der Waals surface area contributed by atoms with Crippen LogP contribution in [-0.2, 0) is 4.79 Å². The molecule has 14 heavy (non-hydrogen) atoms. The van der Waals surface area contributed by atoms with E-state index in [-0.39, 0.29) is 11.4 Å². The zero-order valence-corrected chi connectivity index (χ0v) is 10.2. The summed E-state index contributed by atoms with van der Waals surface area (Å²) in [5.41, 5.74) is -0.0245. The van der Waals surface area contributed by atoms with Gasteiger partial charge in [0.05, 0.1) is 0 Å². The first kappa shape index (κ1) is 13.4. The Kier molecular flexibility index (Phi) is 5.77. The van der Waals surface area contributed by atoms with E-state index in [0.717, 1.165) is 19.5 Å². The van der Waals surface area contributed by atoms with Gasteiger partial charge in [-0.15, -0.1) is 0 Å². The molecule has 0 atom stereocenters. The molecule has 0 aliphatic heterocycles. The van der Waals surface area contributed by atoms with E-state index in [2.05, 4.69) is 26.1 Å². The molecule has 0 aliphatic rings. The molecule has 0 radical (unpaired) electrons. The van der Waals surface area contributed by atoms with Gasteiger partial charge in [-0.2, -0.15) is 0 Å². The summed E-state index contributed by atoms with van der Waals surface area (Å²) in [6.45, 7) is 10.0. The molecule has 0 rings (SSSR count). The lowest BCUT2D eigenvalue weighted by Gasteiger charge is -2.35. The van der Waals surface area contributed by atoms with Crippen LogP contribution in [0.1, 0.15) is 40.5 Å². The fraction of sp³-hybridized carbons (Fsp3) is 0.909. The monoisotopic (exact) mass is 200 g/mol. The number of nitrogens with one attached hydrogen (secondary N) is 1. The molecular weight excluding hydrogens is 176 g/mol. The number of carbonyl (C=O) groups is 1. The smallest absolute Gasteiger partial charge is 0.224 e. The molecule has 3 nitrogen and oxygen atoms in total. The lowest BCUT2D eigenvalue weighted by molar-refractivity contribution is -0.134. The SMILES string of the molecule is CCNCCC(=O)N(C)C(C)(C)CC. The molecule has 0 bridgehead atoms. The summed E-state index contributed by atoms with van der Waals surface area (Å²) in [7, 11) is 1.89. The molecule has 1 N–H and O–H groups in total. The van der Waals surface area contributed by atoms with Crippen molar-refractivity contribution in [3.8, 4) is 0 Å². The van der Waals surface area contributed by atoms with Crippen LogP contribution in [0.4, 0.5) is 0 Å². The maximum absolute atomic E-state index is 11.7. The molecule has 0 saturated heterocycles. The lowest BCUT2D eigenvalue weighted by Crippen LogP contribution is -2.45. The van der Waals surface area contributed by atoms with Crippen molar-refractivity contribution in [3.05, 3.63) is 0 Å². The molecule has 0 saturated carbocycles. The highest BCUT2D eigenvalue weighted by atomic mass is 16.2. The Morgan fingerprint density at radius 3 is 2.36 bits per heavy atom. The molecule has 0 fully saturated rings. The fourth-order valence-electron chi connectivity index (χ4n) is 1.11. The van der Waals surface area contributed by atoms with E-state index in [1.165, 1.54) is 0 Å². The van der Waals surface area contributed by atoms with E-state index < -0.39 is 0 Å². The Labute approximate surface area is 87.9 Å². The van der Waals surface area contributed by atoms with Crippen LogP contribution in [0.2, 0.25) is 0 Å². The molecule has 0 unspecified atom stereocenters. The van der Waals surface area contributed by atoms with Gasteiger partial charge in [-0.25, -0.2) is 0 Å². The predicted molar refractivity (Wildman–Crippen MR) is 60.3 cm³/mol. The van der Waals surface area contributed by atoms with Crippen LogP contribution in [0.3, 0.4) is 0 Å². The first-order valence-corrected chi connectivity index (χ1v) is 5.43. The number of nitrogens with zero attached hydrogens (tertiary/aromatic N) is 1. The molecule has 1 amide bonds. The van der Waals surface area contributed by atoms with Crippen LogP contribution in [0.15, 0.2) is 0 Å². The molecule has 0 heterocycles. The highest BCUT2D eigenvalue weighted by molar-refractivity contribution is 5.76. The Hall–Kier alpha value is -0.570. The Bertz CT molecular complexity index is 178.